The summed E-state index contributed by atoms with van der Waals surface area (Å²) in [5.74, 6) is 0.785. The van der Waals surface area contributed by atoms with E-state index in [1.807, 2.05) is 49.4 Å². The molecule has 4 nitrogen and oxygen atoms in total. The molecule has 1 aromatic heterocycles. The second kappa shape index (κ2) is 6.39. The monoisotopic (exact) mass is 272 g/mol. The molecule has 0 aliphatic heterocycles. The molecule has 0 saturated carbocycles. The standard InChI is InChI=1S/C16H20N2O2/c1-16(12-17,13-6-3-2-4-7-13)18-15(19)10-9-14-8-5-11-20-14/h2-8,11H,9-10,12,17H2,1H3,(H,18,19). The maximum atomic E-state index is 12.1. The maximum Gasteiger partial charge on any atom is 0.221 e. The number of benzene rings is 1. The number of nitrogens with one attached hydrogen (secondary N) is 1. The Balaban J connectivity index is 1.97. The fourth-order valence-corrected chi connectivity index (χ4v) is 2.11. The van der Waals surface area contributed by atoms with Gasteiger partial charge in [0, 0.05) is 19.4 Å². The van der Waals surface area contributed by atoms with Crippen LogP contribution in [0.3, 0.4) is 0 Å². The van der Waals surface area contributed by atoms with Crippen LogP contribution in [0.25, 0.3) is 0 Å². The molecule has 0 saturated heterocycles. The molecule has 106 valence electrons. The molecule has 2 aromatic rings. The Morgan fingerprint density at radius 3 is 2.60 bits per heavy atom. The average molecular weight is 272 g/mol. The van der Waals surface area contributed by atoms with Crippen LogP contribution in [0.2, 0.25) is 0 Å². The molecule has 0 radical (unpaired) electrons. The summed E-state index contributed by atoms with van der Waals surface area (Å²) in [5.41, 5.74) is 6.31. The number of carbonyl (C=O) groups excluding carboxylic acids is 1. The van der Waals surface area contributed by atoms with Crippen LogP contribution in [0.5, 0.6) is 0 Å². The molecule has 2 rings (SSSR count). The van der Waals surface area contributed by atoms with Crippen molar-refractivity contribution < 1.29 is 9.21 Å². The van der Waals surface area contributed by atoms with Crippen LogP contribution in [-0.4, -0.2) is 12.5 Å². The van der Waals surface area contributed by atoms with Crippen LogP contribution < -0.4 is 11.1 Å². The lowest BCUT2D eigenvalue weighted by atomic mass is 9.92. The van der Waals surface area contributed by atoms with Crippen molar-refractivity contribution in [3.05, 3.63) is 60.1 Å². The van der Waals surface area contributed by atoms with Gasteiger partial charge in [-0.25, -0.2) is 0 Å². The molecular formula is C16H20N2O2. The fourth-order valence-electron chi connectivity index (χ4n) is 2.11. The summed E-state index contributed by atoms with van der Waals surface area (Å²) in [6.07, 6.45) is 2.59. The first-order valence-electron chi connectivity index (χ1n) is 6.73. The minimum atomic E-state index is -0.540. The van der Waals surface area contributed by atoms with Crippen LogP contribution in [0.1, 0.15) is 24.7 Å². The maximum absolute atomic E-state index is 12.1. The van der Waals surface area contributed by atoms with E-state index in [9.17, 15) is 4.79 Å². The van der Waals surface area contributed by atoms with E-state index in [1.54, 1.807) is 6.26 Å². The summed E-state index contributed by atoms with van der Waals surface area (Å²) in [5, 5.41) is 3.02. The number of hydrogen-bond acceptors (Lipinski definition) is 3. The van der Waals surface area contributed by atoms with Gasteiger partial charge in [0.05, 0.1) is 11.8 Å². The van der Waals surface area contributed by atoms with Gasteiger partial charge in [0.25, 0.3) is 0 Å². The SMILES string of the molecule is CC(CN)(NC(=O)CCc1ccco1)c1ccccc1. The normalized spacial score (nSPS) is 13.7. The van der Waals surface area contributed by atoms with Crippen molar-refractivity contribution in [1.82, 2.24) is 5.32 Å². The van der Waals surface area contributed by atoms with E-state index in [0.29, 0.717) is 19.4 Å². The van der Waals surface area contributed by atoms with Crippen molar-refractivity contribution in [3.8, 4) is 0 Å². The summed E-state index contributed by atoms with van der Waals surface area (Å²) in [4.78, 5) is 12.1. The number of aryl methyl sites for hydroxylation is 1. The van der Waals surface area contributed by atoms with Gasteiger partial charge in [-0.15, -0.1) is 0 Å². The van der Waals surface area contributed by atoms with E-state index in [0.717, 1.165) is 11.3 Å². The molecule has 1 aromatic carbocycles. The van der Waals surface area contributed by atoms with Crippen molar-refractivity contribution in [2.45, 2.75) is 25.3 Å². The van der Waals surface area contributed by atoms with Gasteiger partial charge in [-0.3, -0.25) is 4.79 Å². The summed E-state index contributed by atoms with van der Waals surface area (Å²) < 4.78 is 5.22. The highest BCUT2D eigenvalue weighted by Gasteiger charge is 2.26. The first kappa shape index (κ1) is 14.3. The van der Waals surface area contributed by atoms with Crippen molar-refractivity contribution >= 4 is 5.91 Å². The zero-order valence-electron chi connectivity index (χ0n) is 11.6. The largest absolute Gasteiger partial charge is 0.469 e. The molecule has 0 spiro atoms. The van der Waals surface area contributed by atoms with Crippen molar-refractivity contribution in [2.75, 3.05) is 6.54 Å². The Morgan fingerprint density at radius 2 is 2.00 bits per heavy atom. The molecule has 1 heterocycles. The number of hydrogen-bond donors (Lipinski definition) is 2. The van der Waals surface area contributed by atoms with Gasteiger partial charge in [-0.2, -0.15) is 0 Å². The second-order valence-electron chi connectivity index (χ2n) is 5.03. The van der Waals surface area contributed by atoms with Crippen LogP contribution in [0.15, 0.2) is 53.1 Å². The third-order valence-corrected chi connectivity index (χ3v) is 3.41. The molecule has 20 heavy (non-hydrogen) atoms. The number of nitrogens with two attached hydrogens (primary N) is 1. The van der Waals surface area contributed by atoms with E-state index >= 15 is 0 Å². The van der Waals surface area contributed by atoms with Gasteiger partial charge in [-0.1, -0.05) is 30.3 Å². The van der Waals surface area contributed by atoms with E-state index in [1.165, 1.54) is 0 Å². The highest BCUT2D eigenvalue weighted by atomic mass is 16.3. The van der Waals surface area contributed by atoms with E-state index in [2.05, 4.69) is 5.32 Å². The summed E-state index contributed by atoms with van der Waals surface area (Å²) in [7, 11) is 0. The predicted molar refractivity (Wildman–Crippen MR) is 78.0 cm³/mol. The predicted octanol–water partition coefficient (Wildman–Crippen LogP) is 2.20. The Labute approximate surface area is 119 Å². The van der Waals surface area contributed by atoms with Crippen LogP contribution in [0, 0.1) is 0 Å². The molecule has 1 atom stereocenters. The first-order valence-corrected chi connectivity index (χ1v) is 6.73. The summed E-state index contributed by atoms with van der Waals surface area (Å²) in [6.45, 7) is 2.29. The second-order valence-corrected chi connectivity index (χ2v) is 5.03. The van der Waals surface area contributed by atoms with Gasteiger partial charge in [0.15, 0.2) is 0 Å². The highest BCUT2D eigenvalue weighted by Crippen LogP contribution is 2.19. The first-order chi connectivity index (χ1) is 9.64. The molecule has 4 heteroatoms. The fraction of sp³-hybridized carbons (Fsp3) is 0.312. The molecule has 1 amide bonds. The van der Waals surface area contributed by atoms with E-state index < -0.39 is 5.54 Å². The lowest BCUT2D eigenvalue weighted by Crippen LogP contribution is -2.48. The van der Waals surface area contributed by atoms with Gasteiger partial charge in [-0.05, 0) is 24.6 Å². The average Bonchev–Trinajstić information content (AvgIpc) is 2.99. The lowest BCUT2D eigenvalue weighted by molar-refractivity contribution is -0.122. The van der Waals surface area contributed by atoms with Crippen LogP contribution in [0.4, 0.5) is 0 Å². The highest BCUT2D eigenvalue weighted by molar-refractivity contribution is 5.77. The third kappa shape index (κ3) is 3.48. The zero-order chi connectivity index (χ0) is 14.4. The molecule has 0 aliphatic rings. The zero-order valence-corrected chi connectivity index (χ0v) is 11.6. The summed E-state index contributed by atoms with van der Waals surface area (Å²) >= 11 is 0. The smallest absolute Gasteiger partial charge is 0.221 e. The lowest BCUT2D eigenvalue weighted by Gasteiger charge is -2.30. The molecule has 0 bridgehead atoms. The minimum absolute atomic E-state index is 0.0294. The third-order valence-electron chi connectivity index (χ3n) is 3.41. The Kier molecular flexibility index (Phi) is 4.58. The topological polar surface area (TPSA) is 68.3 Å². The van der Waals surface area contributed by atoms with Gasteiger partial charge < -0.3 is 15.5 Å². The number of carbonyl (C=O) groups is 1. The van der Waals surface area contributed by atoms with Crippen LogP contribution >= 0.6 is 0 Å². The van der Waals surface area contributed by atoms with Crippen LogP contribution in [-0.2, 0) is 16.8 Å². The van der Waals surface area contributed by atoms with E-state index in [-0.39, 0.29) is 5.91 Å². The summed E-state index contributed by atoms with van der Waals surface area (Å²) in [6, 6.07) is 13.5. The van der Waals surface area contributed by atoms with Gasteiger partial charge >= 0.3 is 0 Å². The molecular weight excluding hydrogens is 252 g/mol. The number of rotatable bonds is 6. The Bertz CT molecular complexity index is 537. The van der Waals surface area contributed by atoms with Crippen molar-refractivity contribution in [3.63, 3.8) is 0 Å². The van der Waals surface area contributed by atoms with Crippen molar-refractivity contribution in [1.29, 1.82) is 0 Å². The van der Waals surface area contributed by atoms with Gasteiger partial charge in [0.1, 0.15) is 5.76 Å². The molecule has 1 unspecified atom stereocenters. The number of amides is 1. The quantitative estimate of drug-likeness (QED) is 0.847. The van der Waals surface area contributed by atoms with Crippen molar-refractivity contribution in [2.24, 2.45) is 5.73 Å². The number of furan rings is 1. The van der Waals surface area contributed by atoms with Gasteiger partial charge in [0.2, 0.25) is 5.91 Å². The van der Waals surface area contributed by atoms with E-state index in [4.69, 9.17) is 10.2 Å². The molecule has 0 fully saturated rings. The Hall–Kier alpha value is -2.07. The Morgan fingerprint density at radius 1 is 1.25 bits per heavy atom. The minimum Gasteiger partial charge on any atom is -0.469 e. The molecule has 0 aliphatic carbocycles. The molecule has 3 N–H and O–H groups in total.